The minimum absolute atomic E-state index is 0.0266. The number of hydrogen-bond acceptors (Lipinski definition) is 8. The van der Waals surface area contributed by atoms with E-state index < -0.39 is 17.7 Å². The topological polar surface area (TPSA) is 160 Å². The highest BCUT2D eigenvalue weighted by atomic mass is 16.6. The molecule has 3 N–H and O–H groups in total. The fraction of sp³-hybridized carbons (Fsp3) is 0.510. The summed E-state index contributed by atoms with van der Waals surface area (Å²) in [5.74, 6) is -0.446. The van der Waals surface area contributed by atoms with Gasteiger partial charge in [-0.2, -0.15) is 0 Å². The van der Waals surface area contributed by atoms with Gasteiger partial charge in [0.05, 0.1) is 23.4 Å². The average molecular weight is 834 g/mol. The van der Waals surface area contributed by atoms with Gasteiger partial charge < -0.3 is 29.9 Å². The molecule has 1 unspecified atom stereocenters. The quantitative estimate of drug-likeness (QED) is 0.0849. The summed E-state index contributed by atoms with van der Waals surface area (Å²) in [6.07, 6.45) is 4.60. The van der Waals surface area contributed by atoms with Crippen molar-refractivity contribution in [2.75, 3.05) is 11.9 Å². The standard InChI is InChI=1S/C49H63N5O7/c1-9-10-13-31(6)22-24-49(60)40-26-42-44-39(27-54(42)47(58)38(40)20-21-43(49)55)36(37-14-11-12-15-41(37)52-44)23-25-53(30(4)5)48(59)61-28-34-16-18-35(19-17-34)51-46(57)33(8)50-45(56)32(7)29(2)3/h11-12,14-19,26,29-33,60H,9-10,13,20-25,27-28H2,1-8H3,(H,50,56)(H,51,57)/t31?,32-,33-,49+/m0/s1. The highest BCUT2D eigenvalue weighted by Gasteiger charge is 2.44. The van der Waals surface area contributed by atoms with Crippen LogP contribution >= 0.6 is 0 Å². The van der Waals surface area contributed by atoms with Crippen molar-refractivity contribution in [1.82, 2.24) is 19.8 Å². The Morgan fingerprint density at radius 3 is 2.34 bits per heavy atom. The van der Waals surface area contributed by atoms with E-state index in [1.807, 2.05) is 65.0 Å². The van der Waals surface area contributed by atoms with Crippen LogP contribution in [0.5, 0.6) is 0 Å². The van der Waals surface area contributed by atoms with E-state index >= 15 is 0 Å². The number of benzene rings is 2. The smallest absolute Gasteiger partial charge is 0.410 e. The molecule has 6 rings (SSSR count). The van der Waals surface area contributed by atoms with Crippen LogP contribution in [0.2, 0.25) is 0 Å². The molecule has 2 aliphatic rings. The number of carbonyl (C=O) groups is 4. The van der Waals surface area contributed by atoms with Crippen LogP contribution in [-0.4, -0.2) is 61.9 Å². The third kappa shape index (κ3) is 9.75. The number of nitrogens with one attached hydrogen (secondary N) is 2. The number of fused-ring (bicyclic) bond motifs is 5. The maximum atomic E-state index is 14.3. The number of Topliss-reactive ketones (excluding diaryl/α,β-unsaturated/α-hetero) is 1. The lowest BCUT2D eigenvalue weighted by Crippen LogP contribution is -2.44. The van der Waals surface area contributed by atoms with Gasteiger partial charge in [0.1, 0.15) is 18.2 Å². The molecule has 0 saturated heterocycles. The van der Waals surface area contributed by atoms with Gasteiger partial charge in [0.2, 0.25) is 11.8 Å². The van der Waals surface area contributed by atoms with Gasteiger partial charge in [-0.15, -0.1) is 0 Å². The van der Waals surface area contributed by atoms with E-state index in [0.29, 0.717) is 66.5 Å². The molecule has 1 aliphatic heterocycles. The molecular formula is C49H63N5O7. The average Bonchev–Trinajstić information content (AvgIpc) is 3.61. The Morgan fingerprint density at radius 2 is 1.66 bits per heavy atom. The molecule has 0 saturated carbocycles. The third-order valence-corrected chi connectivity index (χ3v) is 12.8. The zero-order chi connectivity index (χ0) is 44.2. The number of ketones is 1. The molecule has 326 valence electrons. The second-order valence-corrected chi connectivity index (χ2v) is 17.9. The third-order valence-electron chi connectivity index (χ3n) is 12.8. The molecule has 3 amide bonds. The van der Waals surface area contributed by atoms with Crippen molar-refractivity contribution >= 4 is 40.3 Å². The predicted octanol–water partition coefficient (Wildman–Crippen LogP) is 8.06. The van der Waals surface area contributed by atoms with E-state index in [1.165, 1.54) is 0 Å². The van der Waals surface area contributed by atoms with Crippen molar-refractivity contribution in [2.45, 2.75) is 138 Å². The number of ether oxygens (including phenoxy) is 1. The molecule has 0 bridgehead atoms. The number of nitrogens with zero attached hydrogens (tertiary/aromatic N) is 3. The number of aliphatic hydroxyl groups is 1. The van der Waals surface area contributed by atoms with E-state index in [2.05, 4.69) is 24.5 Å². The summed E-state index contributed by atoms with van der Waals surface area (Å²) in [6, 6.07) is 15.8. The number of aromatic nitrogens is 2. The predicted molar refractivity (Wildman–Crippen MR) is 238 cm³/mol. The van der Waals surface area contributed by atoms with Gasteiger partial charge in [-0.05, 0) is 93.7 Å². The van der Waals surface area contributed by atoms with E-state index in [4.69, 9.17) is 9.72 Å². The van der Waals surface area contributed by atoms with Crippen LogP contribution in [-0.2, 0) is 50.7 Å². The van der Waals surface area contributed by atoms with Crippen molar-refractivity contribution in [3.63, 3.8) is 0 Å². The number of anilines is 1. The molecule has 3 heterocycles. The van der Waals surface area contributed by atoms with Crippen molar-refractivity contribution in [2.24, 2.45) is 17.8 Å². The Bertz CT molecular complexity index is 2330. The number of hydrogen-bond donors (Lipinski definition) is 3. The van der Waals surface area contributed by atoms with Crippen molar-refractivity contribution in [3.8, 4) is 11.4 Å². The number of carbonyl (C=O) groups excluding carboxylic acids is 4. The number of pyridine rings is 2. The van der Waals surface area contributed by atoms with Crippen LogP contribution in [0.1, 0.15) is 122 Å². The van der Waals surface area contributed by atoms with Crippen molar-refractivity contribution in [1.29, 1.82) is 0 Å². The molecule has 4 aromatic rings. The summed E-state index contributed by atoms with van der Waals surface area (Å²) in [4.78, 5) is 73.3. The van der Waals surface area contributed by atoms with Gasteiger partial charge in [-0.25, -0.2) is 9.78 Å². The van der Waals surface area contributed by atoms with E-state index in [1.54, 1.807) is 40.7 Å². The van der Waals surface area contributed by atoms with E-state index in [9.17, 15) is 29.1 Å². The number of unbranched alkanes of at least 4 members (excludes halogenated alkanes) is 1. The van der Waals surface area contributed by atoms with Gasteiger partial charge in [0.25, 0.3) is 5.56 Å². The lowest BCUT2D eigenvalue weighted by atomic mass is 9.74. The molecule has 61 heavy (non-hydrogen) atoms. The first-order chi connectivity index (χ1) is 29.0. The Morgan fingerprint density at radius 1 is 0.934 bits per heavy atom. The molecule has 2 aromatic carbocycles. The summed E-state index contributed by atoms with van der Waals surface area (Å²) in [5, 5.41) is 18.6. The molecule has 12 nitrogen and oxygen atoms in total. The summed E-state index contributed by atoms with van der Waals surface area (Å²) < 4.78 is 7.55. The first kappa shape index (κ1) is 45.2. The Balaban J connectivity index is 1.17. The molecule has 2 aromatic heterocycles. The zero-order valence-electron chi connectivity index (χ0n) is 37.1. The second-order valence-electron chi connectivity index (χ2n) is 17.9. The Kier molecular flexibility index (Phi) is 14.2. The molecule has 0 fully saturated rings. The fourth-order valence-electron chi connectivity index (χ4n) is 8.49. The minimum atomic E-state index is -1.72. The van der Waals surface area contributed by atoms with Crippen LogP contribution in [0.25, 0.3) is 22.3 Å². The second kappa shape index (κ2) is 19.1. The first-order valence-electron chi connectivity index (χ1n) is 22.1. The van der Waals surface area contributed by atoms with Crippen LogP contribution in [0.3, 0.4) is 0 Å². The maximum absolute atomic E-state index is 14.3. The van der Waals surface area contributed by atoms with Gasteiger partial charge >= 0.3 is 6.09 Å². The Labute approximate surface area is 359 Å². The van der Waals surface area contributed by atoms with Gasteiger partial charge in [-0.3, -0.25) is 19.2 Å². The maximum Gasteiger partial charge on any atom is 0.410 e. The normalized spacial score (nSPS) is 17.1. The molecule has 1 aliphatic carbocycles. The monoisotopic (exact) mass is 833 g/mol. The molecule has 12 heteroatoms. The largest absolute Gasteiger partial charge is 0.445 e. The molecule has 0 spiro atoms. The summed E-state index contributed by atoms with van der Waals surface area (Å²) >= 11 is 0. The highest BCUT2D eigenvalue weighted by molar-refractivity contribution is 5.97. The molecular weight excluding hydrogens is 771 g/mol. The fourth-order valence-corrected chi connectivity index (χ4v) is 8.49. The number of rotatable bonds is 17. The summed E-state index contributed by atoms with van der Waals surface area (Å²) in [7, 11) is 0. The Hall–Kier alpha value is -5.36. The summed E-state index contributed by atoms with van der Waals surface area (Å²) in [5.41, 5.74) is 4.21. The van der Waals surface area contributed by atoms with Gasteiger partial charge in [0.15, 0.2) is 5.78 Å². The van der Waals surface area contributed by atoms with Crippen LogP contribution in [0, 0.1) is 17.8 Å². The molecule has 0 radical (unpaired) electrons. The van der Waals surface area contributed by atoms with E-state index in [0.717, 1.165) is 46.9 Å². The van der Waals surface area contributed by atoms with Crippen molar-refractivity contribution in [3.05, 3.63) is 92.8 Å². The number of para-hydroxylation sites is 1. The van der Waals surface area contributed by atoms with Crippen LogP contribution < -0.4 is 16.2 Å². The lowest BCUT2D eigenvalue weighted by molar-refractivity contribution is -0.140. The highest BCUT2D eigenvalue weighted by Crippen LogP contribution is 2.42. The summed E-state index contributed by atoms with van der Waals surface area (Å²) in [6.45, 7) is 16.3. The lowest BCUT2D eigenvalue weighted by Gasteiger charge is -2.34. The van der Waals surface area contributed by atoms with Gasteiger partial charge in [-0.1, -0.05) is 84.2 Å². The van der Waals surface area contributed by atoms with Crippen molar-refractivity contribution < 1.29 is 29.0 Å². The van der Waals surface area contributed by atoms with Crippen LogP contribution in [0.4, 0.5) is 10.5 Å². The van der Waals surface area contributed by atoms with Gasteiger partial charge in [0, 0.05) is 52.7 Å². The first-order valence-corrected chi connectivity index (χ1v) is 22.1. The van der Waals surface area contributed by atoms with Crippen LogP contribution in [0.15, 0.2) is 59.4 Å². The number of amides is 3. The van der Waals surface area contributed by atoms with E-state index in [-0.39, 0.29) is 60.5 Å². The minimum Gasteiger partial charge on any atom is -0.445 e. The SMILES string of the molecule is CCCCC(C)CC[C@]1(O)C(=O)CCc2c1cc1n(c2=O)Cc2c-1nc1ccccc1c2CCN(C(=O)OCc1ccc(NC(=O)[C@H](C)NC(=O)[C@@H](C)C(C)C)cc1)C(C)C. The molecule has 4 atom stereocenters. The zero-order valence-corrected chi connectivity index (χ0v) is 37.1.